The number of H-pyrrole nitrogens is 1. The van der Waals surface area contributed by atoms with E-state index in [0.29, 0.717) is 18.7 Å². The van der Waals surface area contributed by atoms with Gasteiger partial charge >= 0.3 is 0 Å². The van der Waals surface area contributed by atoms with E-state index in [9.17, 15) is 9.90 Å². The number of nitrogens with one attached hydrogen (secondary N) is 1. The highest BCUT2D eigenvalue weighted by atomic mass is 16.5. The van der Waals surface area contributed by atoms with Crippen LogP contribution in [0.4, 0.5) is 0 Å². The summed E-state index contributed by atoms with van der Waals surface area (Å²) in [4.78, 5) is 18.4. The lowest BCUT2D eigenvalue weighted by molar-refractivity contribution is -0.0900. The SMILES string of the molecule is CCc1c(C(=O)N2CC[C@H](Oc3ccccc3)[C@@](C)(O)C2)[nH]c2ccc(C)cc12. The first-order valence-corrected chi connectivity index (χ1v) is 10.2. The van der Waals surface area contributed by atoms with Crippen LogP contribution in [0.2, 0.25) is 0 Å². The number of rotatable bonds is 4. The van der Waals surface area contributed by atoms with Gasteiger partial charge < -0.3 is 19.7 Å². The number of hydrogen-bond acceptors (Lipinski definition) is 3. The predicted octanol–water partition coefficient (Wildman–Crippen LogP) is 4.08. The Morgan fingerprint density at radius 1 is 1.28 bits per heavy atom. The molecule has 1 fully saturated rings. The Morgan fingerprint density at radius 3 is 2.72 bits per heavy atom. The topological polar surface area (TPSA) is 65.6 Å². The van der Waals surface area contributed by atoms with Crippen molar-refractivity contribution in [1.82, 2.24) is 9.88 Å². The van der Waals surface area contributed by atoms with Crippen LogP contribution in [-0.2, 0) is 6.42 Å². The quantitative estimate of drug-likeness (QED) is 0.703. The Kier molecular flexibility index (Phi) is 5.09. The Balaban J connectivity index is 1.56. The van der Waals surface area contributed by atoms with Crippen molar-refractivity contribution in [3.8, 4) is 5.75 Å². The number of likely N-dealkylation sites (tertiary alicyclic amines) is 1. The maximum absolute atomic E-state index is 13.3. The summed E-state index contributed by atoms with van der Waals surface area (Å²) in [6, 6.07) is 15.7. The number of hydrogen-bond donors (Lipinski definition) is 2. The van der Waals surface area contributed by atoms with Gasteiger partial charge in [0.15, 0.2) is 0 Å². The summed E-state index contributed by atoms with van der Waals surface area (Å²) in [5, 5.41) is 12.1. The monoisotopic (exact) mass is 392 g/mol. The molecule has 1 saturated heterocycles. The molecule has 0 saturated carbocycles. The van der Waals surface area contributed by atoms with E-state index in [4.69, 9.17) is 4.74 Å². The van der Waals surface area contributed by atoms with Gasteiger partial charge in [0.2, 0.25) is 0 Å². The highest BCUT2D eigenvalue weighted by Gasteiger charge is 2.42. The van der Waals surface area contributed by atoms with Crippen LogP contribution in [0.15, 0.2) is 48.5 Å². The van der Waals surface area contributed by atoms with Crippen LogP contribution >= 0.6 is 0 Å². The number of aryl methyl sites for hydroxylation is 2. The van der Waals surface area contributed by atoms with E-state index >= 15 is 0 Å². The van der Waals surface area contributed by atoms with Crippen molar-refractivity contribution in [2.24, 2.45) is 0 Å². The van der Waals surface area contributed by atoms with Gasteiger partial charge in [-0.3, -0.25) is 4.79 Å². The molecule has 2 aromatic carbocycles. The molecule has 1 aliphatic heterocycles. The molecule has 0 radical (unpaired) electrons. The van der Waals surface area contributed by atoms with Gasteiger partial charge in [-0.05, 0) is 50.1 Å². The molecular weight excluding hydrogens is 364 g/mol. The first-order valence-electron chi connectivity index (χ1n) is 10.2. The Morgan fingerprint density at radius 2 is 2.03 bits per heavy atom. The number of aromatic amines is 1. The summed E-state index contributed by atoms with van der Waals surface area (Å²) in [5.41, 5.74) is 2.69. The molecule has 2 N–H and O–H groups in total. The highest BCUT2D eigenvalue weighted by molar-refractivity contribution is 6.01. The fourth-order valence-electron chi connectivity index (χ4n) is 4.24. The van der Waals surface area contributed by atoms with Gasteiger partial charge in [0.25, 0.3) is 5.91 Å². The van der Waals surface area contributed by atoms with Crippen LogP contribution in [0.5, 0.6) is 5.75 Å². The molecule has 29 heavy (non-hydrogen) atoms. The third-order valence-corrected chi connectivity index (χ3v) is 5.80. The second-order valence-electron chi connectivity index (χ2n) is 8.17. The first kappa shape index (κ1) is 19.5. The molecule has 0 spiro atoms. The second-order valence-corrected chi connectivity index (χ2v) is 8.17. The summed E-state index contributed by atoms with van der Waals surface area (Å²) < 4.78 is 6.01. The summed E-state index contributed by atoms with van der Waals surface area (Å²) in [6.45, 7) is 6.65. The standard InChI is InChI=1S/C24H28N2O3/c1-4-18-19-14-16(2)10-11-20(19)25-22(18)23(27)26-13-12-21(24(3,28)15-26)29-17-8-6-5-7-9-17/h5-11,14,21,25,28H,4,12-13,15H2,1-3H3/t21-,24-/m0/s1. The highest BCUT2D eigenvalue weighted by Crippen LogP contribution is 2.30. The van der Waals surface area contributed by atoms with Crippen LogP contribution < -0.4 is 4.74 Å². The summed E-state index contributed by atoms with van der Waals surface area (Å²) >= 11 is 0. The molecule has 2 atom stereocenters. The van der Waals surface area contributed by atoms with Gasteiger partial charge in [0.05, 0.1) is 6.54 Å². The molecular formula is C24H28N2O3. The van der Waals surface area contributed by atoms with Crippen molar-refractivity contribution in [2.75, 3.05) is 13.1 Å². The lowest BCUT2D eigenvalue weighted by Gasteiger charge is -2.42. The van der Waals surface area contributed by atoms with Crippen LogP contribution in [0, 0.1) is 6.92 Å². The minimum absolute atomic E-state index is 0.0610. The first-order chi connectivity index (χ1) is 13.9. The average molecular weight is 392 g/mol. The number of amides is 1. The third-order valence-electron chi connectivity index (χ3n) is 5.80. The van der Waals surface area contributed by atoms with E-state index in [-0.39, 0.29) is 18.6 Å². The number of nitrogens with zero attached hydrogens (tertiary/aromatic N) is 1. The van der Waals surface area contributed by atoms with Crippen LogP contribution in [-0.4, -0.2) is 45.7 Å². The maximum Gasteiger partial charge on any atom is 0.270 e. The number of aromatic nitrogens is 1. The van der Waals surface area contributed by atoms with E-state index in [2.05, 4.69) is 24.9 Å². The number of fused-ring (bicyclic) bond motifs is 1. The normalized spacial score (nSPS) is 22.1. The van der Waals surface area contributed by atoms with E-state index in [0.717, 1.165) is 28.6 Å². The smallest absolute Gasteiger partial charge is 0.270 e. The van der Waals surface area contributed by atoms with Gasteiger partial charge in [-0.25, -0.2) is 0 Å². The lowest BCUT2D eigenvalue weighted by Crippen LogP contribution is -2.58. The molecule has 4 rings (SSSR count). The van der Waals surface area contributed by atoms with Crippen LogP contribution in [0.25, 0.3) is 10.9 Å². The molecule has 0 aliphatic carbocycles. The van der Waals surface area contributed by atoms with Gasteiger partial charge in [0.1, 0.15) is 23.1 Å². The zero-order valence-corrected chi connectivity index (χ0v) is 17.2. The Labute approximate surface area is 171 Å². The van der Waals surface area contributed by atoms with Crippen LogP contribution in [0.1, 0.15) is 41.9 Å². The molecule has 1 aliphatic rings. The number of carbonyl (C=O) groups excluding carboxylic acids is 1. The second kappa shape index (κ2) is 7.56. The zero-order valence-electron chi connectivity index (χ0n) is 17.2. The molecule has 2 heterocycles. The van der Waals surface area contributed by atoms with Crippen molar-refractivity contribution in [3.63, 3.8) is 0 Å². The molecule has 3 aromatic rings. The van der Waals surface area contributed by atoms with E-state index in [1.54, 1.807) is 11.8 Å². The van der Waals surface area contributed by atoms with E-state index in [1.807, 2.05) is 42.5 Å². The van der Waals surface area contributed by atoms with E-state index in [1.165, 1.54) is 5.56 Å². The number of benzene rings is 2. The fraction of sp³-hybridized carbons (Fsp3) is 0.375. The molecule has 5 heteroatoms. The van der Waals surface area contributed by atoms with E-state index < -0.39 is 5.60 Å². The Hall–Kier alpha value is -2.79. The minimum Gasteiger partial charge on any atom is -0.487 e. The summed E-state index contributed by atoms with van der Waals surface area (Å²) in [6.07, 6.45) is 0.994. The molecule has 0 unspecified atom stereocenters. The number of para-hydroxylation sites is 1. The zero-order chi connectivity index (χ0) is 20.6. The maximum atomic E-state index is 13.3. The minimum atomic E-state index is -1.13. The van der Waals surface area contributed by atoms with Crippen molar-refractivity contribution < 1.29 is 14.6 Å². The molecule has 0 bridgehead atoms. The predicted molar refractivity (Wildman–Crippen MR) is 114 cm³/mol. The molecule has 152 valence electrons. The summed E-state index contributed by atoms with van der Waals surface area (Å²) in [7, 11) is 0. The Bertz CT molecular complexity index is 1020. The number of piperidine rings is 1. The van der Waals surface area contributed by atoms with Crippen molar-refractivity contribution in [1.29, 1.82) is 0 Å². The lowest BCUT2D eigenvalue weighted by atomic mass is 9.91. The molecule has 1 amide bonds. The van der Waals surface area contributed by atoms with Gasteiger partial charge in [-0.15, -0.1) is 0 Å². The van der Waals surface area contributed by atoms with Gasteiger partial charge in [-0.2, -0.15) is 0 Å². The van der Waals surface area contributed by atoms with Crippen molar-refractivity contribution in [3.05, 3.63) is 65.4 Å². The number of β-amino-alcohol motifs (C(OH)–C–C–N with tert-alkyl or cyclic N) is 1. The van der Waals surface area contributed by atoms with Crippen LogP contribution in [0.3, 0.4) is 0 Å². The molecule has 5 nitrogen and oxygen atoms in total. The van der Waals surface area contributed by atoms with Gasteiger partial charge in [0, 0.05) is 23.9 Å². The summed E-state index contributed by atoms with van der Waals surface area (Å²) in [5.74, 6) is 0.672. The van der Waals surface area contributed by atoms with Gasteiger partial charge in [-0.1, -0.05) is 36.8 Å². The third kappa shape index (κ3) is 3.75. The largest absolute Gasteiger partial charge is 0.487 e. The van der Waals surface area contributed by atoms with Crippen molar-refractivity contribution in [2.45, 2.75) is 45.3 Å². The average Bonchev–Trinajstić information content (AvgIpc) is 3.07. The fourth-order valence-corrected chi connectivity index (χ4v) is 4.24. The number of carbonyl (C=O) groups is 1. The number of ether oxygens (including phenoxy) is 1. The number of aliphatic hydroxyl groups is 1. The molecule has 1 aromatic heterocycles. The van der Waals surface area contributed by atoms with Crippen molar-refractivity contribution >= 4 is 16.8 Å².